The molecule has 0 N–H and O–H groups in total. The fraction of sp³-hybridized carbons (Fsp3) is 1.00. The molecule has 2 rings (SSSR count). The molecule has 0 aromatic heterocycles. The van der Waals surface area contributed by atoms with Crippen LogP contribution in [0.25, 0.3) is 0 Å². The summed E-state index contributed by atoms with van der Waals surface area (Å²) in [6.07, 6.45) is 10.9. The first kappa shape index (κ1) is 14.5. The third-order valence-corrected chi connectivity index (χ3v) is 10.4. The third kappa shape index (κ3) is 2.41. The van der Waals surface area contributed by atoms with E-state index in [1.807, 2.05) is 0 Å². The van der Waals surface area contributed by atoms with Crippen LogP contribution in [0.3, 0.4) is 0 Å². The molecule has 2 nitrogen and oxygen atoms in total. The van der Waals surface area contributed by atoms with Gasteiger partial charge in [-0.2, -0.15) is 0 Å². The predicted octanol–water partition coefficient (Wildman–Crippen LogP) is 4.78. The summed E-state index contributed by atoms with van der Waals surface area (Å²) in [5, 5.41) is 0.369. The molecule has 2 saturated carbocycles. The Labute approximate surface area is 114 Å². The summed E-state index contributed by atoms with van der Waals surface area (Å²) >= 11 is 0. The van der Waals surface area contributed by atoms with E-state index in [1.54, 1.807) is 0 Å². The first-order valence-electron chi connectivity index (χ1n) is 7.96. The van der Waals surface area contributed by atoms with Crippen LogP contribution in [0.2, 0.25) is 10.6 Å². The van der Waals surface area contributed by atoms with Crippen LogP contribution >= 0.6 is 0 Å². The number of hydrogen-bond donors (Lipinski definition) is 0. The van der Waals surface area contributed by atoms with Crippen molar-refractivity contribution < 1.29 is 8.85 Å². The van der Waals surface area contributed by atoms with Crippen LogP contribution in [0, 0.1) is 0 Å². The summed E-state index contributed by atoms with van der Waals surface area (Å²) < 4.78 is 12.9. The lowest BCUT2D eigenvalue weighted by Gasteiger charge is -2.46. The first-order chi connectivity index (χ1) is 8.68. The maximum absolute atomic E-state index is 6.46. The lowest BCUT2D eigenvalue weighted by molar-refractivity contribution is 0.143. The number of rotatable bonds is 6. The highest BCUT2D eigenvalue weighted by atomic mass is 28.4. The van der Waals surface area contributed by atoms with Crippen molar-refractivity contribution in [2.45, 2.75) is 82.7 Å². The zero-order valence-electron chi connectivity index (χ0n) is 12.5. The molecule has 106 valence electrons. The Kier molecular flexibility index (Phi) is 4.90. The van der Waals surface area contributed by atoms with Gasteiger partial charge in [0.1, 0.15) is 0 Å². The molecule has 0 aromatic rings. The molecule has 18 heavy (non-hydrogen) atoms. The highest BCUT2D eigenvalue weighted by Gasteiger charge is 2.60. The van der Waals surface area contributed by atoms with Gasteiger partial charge in [-0.1, -0.05) is 32.6 Å². The molecule has 3 heteroatoms. The van der Waals surface area contributed by atoms with Crippen molar-refractivity contribution in [1.82, 2.24) is 0 Å². The molecule has 0 aromatic carbocycles. The van der Waals surface area contributed by atoms with E-state index in [4.69, 9.17) is 8.85 Å². The smallest absolute Gasteiger partial charge is 0.347 e. The molecule has 0 heterocycles. The van der Waals surface area contributed by atoms with Crippen molar-refractivity contribution in [1.29, 1.82) is 0 Å². The standard InChI is InChI=1S/C15H30O2Si/c1-4-16-18(17-5-2,14-10-6-7-11-14)15(3)12-8-9-13-15/h14H,4-13H2,1-3H3. The molecular weight excluding hydrogens is 240 g/mol. The quantitative estimate of drug-likeness (QED) is 0.647. The van der Waals surface area contributed by atoms with E-state index in [-0.39, 0.29) is 0 Å². The second-order valence-corrected chi connectivity index (χ2v) is 10.2. The van der Waals surface area contributed by atoms with Gasteiger partial charge < -0.3 is 8.85 Å². The topological polar surface area (TPSA) is 18.5 Å². The van der Waals surface area contributed by atoms with Gasteiger partial charge in [0.2, 0.25) is 0 Å². The van der Waals surface area contributed by atoms with Gasteiger partial charge in [0.15, 0.2) is 0 Å². The van der Waals surface area contributed by atoms with Gasteiger partial charge in [-0.3, -0.25) is 0 Å². The van der Waals surface area contributed by atoms with Crippen LogP contribution in [-0.4, -0.2) is 21.8 Å². The summed E-state index contributed by atoms with van der Waals surface area (Å²) in [5.41, 5.74) is 0.750. The molecule has 0 saturated heterocycles. The zero-order valence-corrected chi connectivity index (χ0v) is 13.5. The van der Waals surface area contributed by atoms with Gasteiger partial charge in [-0.25, -0.2) is 0 Å². The van der Waals surface area contributed by atoms with Gasteiger partial charge in [0, 0.05) is 23.8 Å². The largest absolute Gasteiger partial charge is 0.394 e. The SMILES string of the molecule is CCO[Si](OCC)(C1CCCC1)C1(C)CCCC1. The second kappa shape index (κ2) is 6.06. The normalized spacial score (nSPS) is 24.8. The van der Waals surface area contributed by atoms with E-state index < -0.39 is 8.56 Å². The van der Waals surface area contributed by atoms with Crippen LogP contribution in [0.1, 0.15) is 72.1 Å². The molecule has 0 aliphatic heterocycles. The summed E-state index contributed by atoms with van der Waals surface area (Å²) in [5.74, 6) is 0. The molecule has 0 atom stereocenters. The van der Waals surface area contributed by atoms with Crippen molar-refractivity contribution >= 4 is 8.56 Å². The van der Waals surface area contributed by atoms with Gasteiger partial charge in [-0.05, 0) is 39.5 Å². The highest BCUT2D eigenvalue weighted by molar-refractivity contribution is 6.72. The minimum atomic E-state index is -2.05. The second-order valence-electron chi connectivity index (χ2n) is 6.28. The Morgan fingerprint density at radius 2 is 1.44 bits per heavy atom. The average molecular weight is 270 g/mol. The number of hydrogen-bond acceptors (Lipinski definition) is 2. The van der Waals surface area contributed by atoms with E-state index >= 15 is 0 Å². The Balaban J connectivity index is 2.28. The summed E-state index contributed by atoms with van der Waals surface area (Å²) in [4.78, 5) is 0. The van der Waals surface area contributed by atoms with E-state index in [0.717, 1.165) is 18.8 Å². The predicted molar refractivity (Wildman–Crippen MR) is 78.1 cm³/mol. The molecule has 2 aliphatic carbocycles. The Morgan fingerprint density at radius 3 is 1.89 bits per heavy atom. The van der Waals surface area contributed by atoms with Gasteiger partial charge >= 0.3 is 8.56 Å². The van der Waals surface area contributed by atoms with Crippen LogP contribution in [0.5, 0.6) is 0 Å². The van der Waals surface area contributed by atoms with Crippen LogP contribution in [0.4, 0.5) is 0 Å². The monoisotopic (exact) mass is 270 g/mol. The fourth-order valence-corrected chi connectivity index (χ4v) is 9.67. The third-order valence-electron chi connectivity index (χ3n) is 5.16. The summed E-state index contributed by atoms with van der Waals surface area (Å²) in [6, 6.07) is 0. The van der Waals surface area contributed by atoms with Gasteiger partial charge in [0.05, 0.1) is 0 Å². The van der Waals surface area contributed by atoms with Gasteiger partial charge in [0.25, 0.3) is 0 Å². The van der Waals surface area contributed by atoms with E-state index in [0.29, 0.717) is 5.04 Å². The molecule has 2 aliphatic rings. The minimum absolute atomic E-state index is 0.369. The van der Waals surface area contributed by atoms with E-state index in [1.165, 1.54) is 51.4 Å². The van der Waals surface area contributed by atoms with Crippen molar-refractivity contribution in [3.8, 4) is 0 Å². The van der Waals surface area contributed by atoms with Gasteiger partial charge in [-0.15, -0.1) is 0 Å². The molecule has 0 radical (unpaired) electrons. The fourth-order valence-electron chi connectivity index (χ4n) is 4.36. The zero-order chi connectivity index (χ0) is 13.1. The van der Waals surface area contributed by atoms with Crippen LogP contribution in [-0.2, 0) is 8.85 Å². The van der Waals surface area contributed by atoms with Crippen LogP contribution in [0.15, 0.2) is 0 Å². The molecule has 2 fully saturated rings. The Morgan fingerprint density at radius 1 is 0.944 bits per heavy atom. The maximum Gasteiger partial charge on any atom is 0.347 e. The molecular formula is C15H30O2Si. The first-order valence-corrected chi connectivity index (χ1v) is 9.86. The highest BCUT2D eigenvalue weighted by Crippen LogP contribution is 2.59. The van der Waals surface area contributed by atoms with Crippen molar-refractivity contribution in [2.24, 2.45) is 0 Å². The molecule has 0 spiro atoms. The van der Waals surface area contributed by atoms with Crippen molar-refractivity contribution in [2.75, 3.05) is 13.2 Å². The van der Waals surface area contributed by atoms with Crippen molar-refractivity contribution in [3.05, 3.63) is 0 Å². The lowest BCUT2D eigenvalue weighted by atomic mass is 10.1. The average Bonchev–Trinajstić information content (AvgIpc) is 3.00. The summed E-state index contributed by atoms with van der Waals surface area (Å²) in [6.45, 7) is 8.43. The maximum atomic E-state index is 6.46. The lowest BCUT2D eigenvalue weighted by Crippen LogP contribution is -2.55. The van der Waals surface area contributed by atoms with E-state index in [9.17, 15) is 0 Å². The Hall–Kier alpha value is 0.137. The molecule has 0 bridgehead atoms. The molecule has 0 amide bonds. The van der Waals surface area contributed by atoms with E-state index in [2.05, 4.69) is 20.8 Å². The Bertz CT molecular complexity index is 249. The summed E-state index contributed by atoms with van der Waals surface area (Å²) in [7, 11) is -2.05. The minimum Gasteiger partial charge on any atom is -0.394 e. The van der Waals surface area contributed by atoms with Crippen LogP contribution < -0.4 is 0 Å². The van der Waals surface area contributed by atoms with Crippen molar-refractivity contribution in [3.63, 3.8) is 0 Å². The molecule has 0 unspecified atom stereocenters.